The maximum absolute atomic E-state index is 12.5. The smallest absolute Gasteiger partial charge is 0.314 e. The van der Waals surface area contributed by atoms with Crippen LogP contribution in [0, 0.1) is 21.4 Å². The molecule has 1 saturated heterocycles. The average Bonchev–Trinajstić information content (AvgIpc) is 2.45. The number of nitrogens with zero attached hydrogens (tertiary/aromatic N) is 1. The number of carbonyl (C=O) groups excluding carboxylic acids is 1. The van der Waals surface area contributed by atoms with Gasteiger partial charge in [0, 0.05) is 10.3 Å². The van der Waals surface area contributed by atoms with Crippen molar-refractivity contribution in [2.45, 2.75) is 46.0 Å². The van der Waals surface area contributed by atoms with Gasteiger partial charge in [-0.1, -0.05) is 51.1 Å². The Kier molecular flexibility index (Phi) is 5.04. The quantitative estimate of drug-likeness (QED) is 0.484. The van der Waals surface area contributed by atoms with E-state index in [0.717, 1.165) is 5.56 Å². The molecule has 1 aliphatic rings. The molecular weight excluding hydrogens is 298 g/mol. The lowest BCUT2D eigenvalue weighted by Crippen LogP contribution is -2.50. The summed E-state index contributed by atoms with van der Waals surface area (Å²) in [5.41, 5.74) is 0.399. The largest absolute Gasteiger partial charge is 0.435 e. The van der Waals surface area contributed by atoms with Crippen molar-refractivity contribution in [3.05, 3.63) is 46.0 Å². The number of hydrogen-bond donors (Lipinski definition) is 0. The van der Waals surface area contributed by atoms with Crippen molar-refractivity contribution < 1.29 is 19.2 Å². The molecule has 1 aromatic rings. The predicted octanol–water partition coefficient (Wildman–Crippen LogP) is 3.00. The Labute approximate surface area is 135 Å². The number of carbonyl (C=O) groups is 1. The molecule has 6 nitrogen and oxygen atoms in total. The predicted molar refractivity (Wildman–Crippen MR) is 84.4 cm³/mol. The highest BCUT2D eigenvalue weighted by molar-refractivity contribution is 5.75. The molecule has 2 rings (SSSR count). The summed E-state index contributed by atoms with van der Waals surface area (Å²) in [7, 11) is 0. The van der Waals surface area contributed by atoms with E-state index in [9.17, 15) is 14.9 Å². The van der Waals surface area contributed by atoms with Gasteiger partial charge in [0.15, 0.2) is 0 Å². The number of nitro groups is 1. The molecule has 4 atom stereocenters. The fraction of sp³-hybridized carbons (Fsp3) is 0.588. The summed E-state index contributed by atoms with van der Waals surface area (Å²) >= 11 is 0. The lowest BCUT2D eigenvalue weighted by molar-refractivity contribution is -0.485. The Hall–Kier alpha value is -1.95. The summed E-state index contributed by atoms with van der Waals surface area (Å²) < 4.78 is 11.3. The number of ether oxygens (including phenoxy) is 2. The molecule has 0 N–H and O–H groups in total. The van der Waals surface area contributed by atoms with Gasteiger partial charge in [0.25, 0.3) is 0 Å². The summed E-state index contributed by atoms with van der Waals surface area (Å²) in [4.78, 5) is 23.2. The van der Waals surface area contributed by atoms with Crippen molar-refractivity contribution in [3.8, 4) is 0 Å². The first-order valence-electron chi connectivity index (χ1n) is 7.73. The lowest BCUT2D eigenvalue weighted by atomic mass is 9.81. The van der Waals surface area contributed by atoms with Crippen molar-refractivity contribution in [1.29, 1.82) is 0 Å². The summed E-state index contributed by atoms with van der Waals surface area (Å²) in [5.74, 6) is -1.70. The van der Waals surface area contributed by atoms with Crippen LogP contribution < -0.4 is 0 Å². The van der Waals surface area contributed by atoms with E-state index in [2.05, 4.69) is 0 Å². The van der Waals surface area contributed by atoms with Gasteiger partial charge in [-0.05, 0) is 12.5 Å². The third-order valence-corrected chi connectivity index (χ3v) is 4.05. The number of cyclic esters (lactones) is 1. The van der Waals surface area contributed by atoms with E-state index in [-0.39, 0.29) is 12.0 Å². The normalized spacial score (nSPS) is 26.4. The Morgan fingerprint density at radius 3 is 2.35 bits per heavy atom. The Bertz CT molecular complexity index is 566. The fourth-order valence-corrected chi connectivity index (χ4v) is 2.84. The van der Waals surface area contributed by atoms with Crippen LogP contribution >= 0.6 is 0 Å². The van der Waals surface area contributed by atoms with Gasteiger partial charge in [-0.2, -0.15) is 0 Å². The lowest BCUT2D eigenvalue weighted by Gasteiger charge is -2.41. The van der Waals surface area contributed by atoms with Crippen LogP contribution in [-0.2, 0) is 14.3 Å². The standard InChI is InChI=1S/C17H23NO5/c1-11-14(15(19)23-16(22-11)17(2,3)4)13(10-18(20)21)12-8-6-5-7-9-12/h5-9,11,13-14,16H,10H2,1-4H3/t11-,13-,14+,16-/m1/s1. The van der Waals surface area contributed by atoms with Gasteiger partial charge >= 0.3 is 5.97 Å². The highest BCUT2D eigenvalue weighted by atomic mass is 16.7. The van der Waals surface area contributed by atoms with Crippen LogP contribution in [0.4, 0.5) is 0 Å². The van der Waals surface area contributed by atoms with Crippen LogP contribution in [0.2, 0.25) is 0 Å². The summed E-state index contributed by atoms with van der Waals surface area (Å²) in [6.07, 6.45) is -1.10. The molecule has 1 aliphatic heterocycles. The SMILES string of the molecule is C[C@H]1O[C@@H](C(C)(C)C)OC(=O)[C@@H]1[C@H](C[N+](=O)[O-])c1ccccc1. The van der Waals surface area contributed by atoms with Crippen LogP contribution in [0.15, 0.2) is 30.3 Å². The zero-order valence-electron chi connectivity index (χ0n) is 13.9. The third-order valence-electron chi connectivity index (χ3n) is 4.05. The van der Waals surface area contributed by atoms with E-state index in [4.69, 9.17) is 9.47 Å². The topological polar surface area (TPSA) is 78.7 Å². The van der Waals surface area contributed by atoms with E-state index in [1.165, 1.54) is 0 Å². The zero-order valence-corrected chi connectivity index (χ0v) is 13.9. The van der Waals surface area contributed by atoms with Crippen LogP contribution in [0.1, 0.15) is 39.2 Å². The van der Waals surface area contributed by atoms with Gasteiger partial charge in [0.1, 0.15) is 0 Å². The van der Waals surface area contributed by atoms with Gasteiger partial charge in [0.2, 0.25) is 12.8 Å². The van der Waals surface area contributed by atoms with Crippen LogP contribution in [-0.4, -0.2) is 29.8 Å². The van der Waals surface area contributed by atoms with Crippen molar-refractivity contribution in [2.75, 3.05) is 6.54 Å². The van der Waals surface area contributed by atoms with E-state index in [1.807, 2.05) is 26.8 Å². The van der Waals surface area contributed by atoms with Crippen molar-refractivity contribution in [1.82, 2.24) is 0 Å². The minimum atomic E-state index is -0.693. The van der Waals surface area contributed by atoms with Crippen LogP contribution in [0.25, 0.3) is 0 Å². The minimum absolute atomic E-state index is 0.336. The van der Waals surface area contributed by atoms with E-state index in [1.54, 1.807) is 31.2 Å². The van der Waals surface area contributed by atoms with E-state index >= 15 is 0 Å². The van der Waals surface area contributed by atoms with Gasteiger partial charge in [0.05, 0.1) is 17.9 Å². The highest BCUT2D eigenvalue weighted by Gasteiger charge is 2.46. The Balaban J connectivity index is 2.29. The Morgan fingerprint density at radius 1 is 1.26 bits per heavy atom. The molecule has 1 aromatic carbocycles. The van der Waals surface area contributed by atoms with Gasteiger partial charge < -0.3 is 9.47 Å². The first-order chi connectivity index (χ1) is 10.7. The van der Waals surface area contributed by atoms with E-state index in [0.29, 0.717) is 0 Å². The van der Waals surface area contributed by atoms with Crippen molar-refractivity contribution >= 4 is 5.97 Å². The fourth-order valence-electron chi connectivity index (χ4n) is 2.84. The highest BCUT2D eigenvalue weighted by Crippen LogP contribution is 2.37. The first-order valence-corrected chi connectivity index (χ1v) is 7.73. The van der Waals surface area contributed by atoms with Crippen LogP contribution in [0.3, 0.4) is 0 Å². The number of rotatable bonds is 4. The monoisotopic (exact) mass is 321 g/mol. The molecule has 0 amide bonds. The first kappa shape index (κ1) is 17.4. The van der Waals surface area contributed by atoms with Crippen molar-refractivity contribution in [3.63, 3.8) is 0 Å². The third kappa shape index (κ3) is 4.07. The summed E-state index contributed by atoms with van der Waals surface area (Å²) in [6.45, 7) is 7.20. The van der Waals surface area contributed by atoms with Gasteiger partial charge in [-0.15, -0.1) is 0 Å². The molecule has 0 radical (unpaired) electrons. The minimum Gasteiger partial charge on any atom is -0.435 e. The molecule has 1 heterocycles. The molecular formula is C17H23NO5. The molecule has 23 heavy (non-hydrogen) atoms. The molecule has 1 fully saturated rings. The average molecular weight is 321 g/mol. The summed E-state index contributed by atoms with van der Waals surface area (Å²) in [5, 5.41) is 11.1. The second-order valence-electron chi connectivity index (χ2n) is 7.03. The number of esters is 1. The Morgan fingerprint density at radius 2 is 1.87 bits per heavy atom. The maximum Gasteiger partial charge on any atom is 0.314 e. The second kappa shape index (κ2) is 6.66. The second-order valence-corrected chi connectivity index (χ2v) is 7.03. The molecule has 0 spiro atoms. The number of benzene rings is 1. The molecule has 0 aliphatic carbocycles. The molecule has 0 bridgehead atoms. The van der Waals surface area contributed by atoms with E-state index < -0.39 is 35.1 Å². The van der Waals surface area contributed by atoms with Crippen LogP contribution in [0.5, 0.6) is 0 Å². The van der Waals surface area contributed by atoms with Gasteiger partial charge in [-0.3, -0.25) is 14.9 Å². The molecule has 126 valence electrons. The maximum atomic E-state index is 12.5. The number of hydrogen-bond acceptors (Lipinski definition) is 5. The molecule has 0 aromatic heterocycles. The van der Waals surface area contributed by atoms with Crippen molar-refractivity contribution in [2.24, 2.45) is 11.3 Å². The molecule has 6 heteroatoms. The van der Waals surface area contributed by atoms with Gasteiger partial charge in [-0.25, -0.2) is 0 Å². The zero-order chi connectivity index (χ0) is 17.2. The summed E-state index contributed by atoms with van der Waals surface area (Å²) in [6, 6.07) is 9.04. The molecule has 0 saturated carbocycles. The molecule has 0 unspecified atom stereocenters.